The van der Waals surface area contributed by atoms with Crippen molar-refractivity contribution in [3.8, 4) is 0 Å². The highest BCUT2D eigenvalue weighted by Gasteiger charge is 2.19. The number of nitrogens with one attached hydrogen (secondary N) is 2. The van der Waals surface area contributed by atoms with Crippen LogP contribution in [0.3, 0.4) is 0 Å². The van der Waals surface area contributed by atoms with Gasteiger partial charge in [0, 0.05) is 11.1 Å². The number of carbonyl (C=O) groups is 1. The Morgan fingerprint density at radius 2 is 2.32 bits per heavy atom. The number of fused-ring (bicyclic) bond motifs is 1. The molecule has 1 amide bonds. The third-order valence-corrected chi connectivity index (χ3v) is 4.08. The molecule has 2 aromatic heterocycles. The lowest BCUT2D eigenvalue weighted by Crippen LogP contribution is -2.18. The first-order chi connectivity index (χ1) is 9.28. The second kappa shape index (κ2) is 4.94. The molecule has 0 saturated heterocycles. The zero-order valence-electron chi connectivity index (χ0n) is 10.1. The lowest BCUT2D eigenvalue weighted by Gasteiger charge is -2.06. The summed E-state index contributed by atoms with van der Waals surface area (Å²) < 4.78 is 0. The first-order valence-corrected chi connectivity index (χ1v) is 6.81. The van der Waals surface area contributed by atoms with Crippen molar-refractivity contribution in [3.05, 3.63) is 34.5 Å². The maximum atomic E-state index is 12.1. The minimum atomic E-state index is -0.256. The maximum absolute atomic E-state index is 12.1. The van der Waals surface area contributed by atoms with Crippen LogP contribution in [0.15, 0.2) is 18.3 Å². The molecule has 4 N–H and O–H groups in total. The number of nitrogens with zero attached hydrogens (tertiary/aromatic N) is 2. The van der Waals surface area contributed by atoms with Crippen LogP contribution in [0.1, 0.15) is 27.3 Å². The van der Waals surface area contributed by atoms with E-state index in [0.717, 1.165) is 25.0 Å². The third-order valence-electron chi connectivity index (χ3n) is 3.01. The van der Waals surface area contributed by atoms with Crippen molar-refractivity contribution in [1.82, 2.24) is 9.97 Å². The van der Waals surface area contributed by atoms with Gasteiger partial charge >= 0.3 is 0 Å². The van der Waals surface area contributed by atoms with Crippen LogP contribution in [0.5, 0.6) is 0 Å². The number of pyridine rings is 1. The molecule has 1 aliphatic rings. The normalized spacial score (nSPS) is 13.1. The van der Waals surface area contributed by atoms with E-state index in [0.29, 0.717) is 16.5 Å². The number of carbonyl (C=O) groups excluding carboxylic acids is 1. The van der Waals surface area contributed by atoms with Gasteiger partial charge in [-0.2, -0.15) is 0 Å². The van der Waals surface area contributed by atoms with Crippen LogP contribution in [-0.4, -0.2) is 15.9 Å². The summed E-state index contributed by atoms with van der Waals surface area (Å²) in [5.74, 6) is 5.43. The molecule has 0 aromatic carbocycles. The number of amides is 1. The summed E-state index contributed by atoms with van der Waals surface area (Å²) in [6.07, 6.45) is 4.80. The first kappa shape index (κ1) is 12.1. The Morgan fingerprint density at radius 1 is 1.42 bits per heavy atom. The molecule has 0 atom stereocenters. The van der Waals surface area contributed by atoms with Crippen molar-refractivity contribution < 1.29 is 4.79 Å². The molecule has 7 heteroatoms. The van der Waals surface area contributed by atoms with Crippen molar-refractivity contribution in [2.45, 2.75) is 19.3 Å². The Morgan fingerprint density at radius 3 is 3.11 bits per heavy atom. The minimum Gasteiger partial charge on any atom is -0.308 e. The van der Waals surface area contributed by atoms with Gasteiger partial charge in [0.15, 0.2) is 10.9 Å². The lowest BCUT2D eigenvalue weighted by molar-refractivity contribution is 0.102. The molecule has 6 nitrogen and oxygen atoms in total. The van der Waals surface area contributed by atoms with Gasteiger partial charge in [0.1, 0.15) is 0 Å². The van der Waals surface area contributed by atoms with Crippen molar-refractivity contribution in [3.63, 3.8) is 0 Å². The molecule has 19 heavy (non-hydrogen) atoms. The number of hydrogen-bond donors (Lipinski definition) is 3. The summed E-state index contributed by atoms with van der Waals surface area (Å²) >= 11 is 1.54. The fourth-order valence-corrected chi connectivity index (χ4v) is 3.16. The van der Waals surface area contributed by atoms with Crippen molar-refractivity contribution in [1.29, 1.82) is 0 Å². The van der Waals surface area contributed by atoms with Gasteiger partial charge in [0.05, 0.1) is 11.3 Å². The average molecular weight is 275 g/mol. The van der Waals surface area contributed by atoms with Gasteiger partial charge in [-0.15, -0.1) is 11.3 Å². The Balaban J connectivity index is 1.80. The average Bonchev–Trinajstić information content (AvgIpc) is 2.99. The van der Waals surface area contributed by atoms with Crippen LogP contribution in [0.4, 0.5) is 10.9 Å². The number of nitrogen functional groups attached to an aromatic ring is 1. The Bertz CT molecular complexity index is 603. The van der Waals surface area contributed by atoms with Gasteiger partial charge in [-0.05, 0) is 31.4 Å². The van der Waals surface area contributed by atoms with E-state index in [1.165, 1.54) is 4.88 Å². The van der Waals surface area contributed by atoms with Crippen molar-refractivity contribution in [2.75, 3.05) is 10.7 Å². The Kier molecular flexibility index (Phi) is 3.14. The Hall–Kier alpha value is -1.99. The second-order valence-electron chi connectivity index (χ2n) is 4.24. The van der Waals surface area contributed by atoms with E-state index in [4.69, 9.17) is 5.84 Å². The summed E-state index contributed by atoms with van der Waals surface area (Å²) in [6, 6.07) is 3.36. The minimum absolute atomic E-state index is 0.256. The zero-order valence-corrected chi connectivity index (χ0v) is 11.0. The molecule has 1 aliphatic carbocycles. The summed E-state index contributed by atoms with van der Waals surface area (Å²) in [4.78, 5) is 21.8. The van der Waals surface area contributed by atoms with Gasteiger partial charge in [0.2, 0.25) is 0 Å². The van der Waals surface area contributed by atoms with Crippen LogP contribution in [0, 0.1) is 0 Å². The molecule has 0 fully saturated rings. The highest BCUT2D eigenvalue weighted by molar-refractivity contribution is 7.16. The molecular formula is C12H13N5OS. The van der Waals surface area contributed by atoms with Gasteiger partial charge in [0.25, 0.3) is 5.91 Å². The lowest BCUT2D eigenvalue weighted by atomic mass is 10.2. The summed E-state index contributed by atoms with van der Waals surface area (Å²) in [5.41, 5.74) is 3.93. The second-order valence-corrected chi connectivity index (χ2v) is 5.32. The predicted octanol–water partition coefficient (Wildman–Crippen LogP) is 1.56. The summed E-state index contributed by atoms with van der Waals surface area (Å²) in [6.45, 7) is 0. The molecule has 2 aromatic rings. The van der Waals surface area contributed by atoms with Crippen molar-refractivity contribution >= 4 is 28.2 Å². The van der Waals surface area contributed by atoms with Gasteiger partial charge < -0.3 is 5.43 Å². The SMILES string of the molecule is NNc1ncccc1C(=O)Nc1nc2c(s1)CCC2. The van der Waals surface area contributed by atoms with E-state index in [2.05, 4.69) is 20.7 Å². The van der Waals surface area contributed by atoms with Crippen LogP contribution in [0.2, 0.25) is 0 Å². The third kappa shape index (κ3) is 2.29. The summed E-state index contributed by atoms with van der Waals surface area (Å²) in [7, 11) is 0. The van der Waals surface area contributed by atoms with Crippen LogP contribution < -0.4 is 16.6 Å². The fourth-order valence-electron chi connectivity index (χ4n) is 2.11. The zero-order chi connectivity index (χ0) is 13.2. The topological polar surface area (TPSA) is 92.9 Å². The predicted molar refractivity (Wildman–Crippen MR) is 74.1 cm³/mol. The molecule has 3 rings (SSSR count). The molecule has 0 unspecified atom stereocenters. The molecule has 0 saturated carbocycles. The van der Waals surface area contributed by atoms with E-state index in [1.54, 1.807) is 29.7 Å². The summed E-state index contributed by atoms with van der Waals surface area (Å²) in [5, 5.41) is 3.44. The quantitative estimate of drug-likeness (QED) is 0.584. The molecular weight excluding hydrogens is 262 g/mol. The largest absolute Gasteiger partial charge is 0.308 e. The monoisotopic (exact) mass is 275 g/mol. The van der Waals surface area contributed by atoms with E-state index >= 15 is 0 Å². The van der Waals surface area contributed by atoms with Gasteiger partial charge in [-0.3, -0.25) is 10.1 Å². The first-order valence-electron chi connectivity index (χ1n) is 5.99. The van der Waals surface area contributed by atoms with Gasteiger partial charge in [-0.25, -0.2) is 15.8 Å². The standard InChI is InChI=1S/C12H13N5OS/c13-17-10-7(3-2-6-14-10)11(18)16-12-15-8-4-1-5-9(8)19-12/h2-3,6H,1,4-5,13H2,(H,14,17)(H,15,16,18). The molecule has 0 spiro atoms. The highest BCUT2D eigenvalue weighted by Crippen LogP contribution is 2.30. The molecule has 0 aliphatic heterocycles. The maximum Gasteiger partial charge on any atom is 0.261 e. The van der Waals surface area contributed by atoms with E-state index in [9.17, 15) is 4.79 Å². The number of hydrazine groups is 1. The number of thiazole rings is 1. The number of aryl methyl sites for hydroxylation is 2. The van der Waals surface area contributed by atoms with Crippen LogP contribution in [0.25, 0.3) is 0 Å². The number of hydrogen-bond acceptors (Lipinski definition) is 6. The van der Waals surface area contributed by atoms with Crippen LogP contribution in [-0.2, 0) is 12.8 Å². The highest BCUT2D eigenvalue weighted by atomic mass is 32.1. The number of rotatable bonds is 3. The number of aromatic nitrogens is 2. The van der Waals surface area contributed by atoms with E-state index < -0.39 is 0 Å². The van der Waals surface area contributed by atoms with E-state index in [1.807, 2.05) is 0 Å². The van der Waals surface area contributed by atoms with Crippen LogP contribution >= 0.6 is 11.3 Å². The number of anilines is 2. The molecule has 98 valence electrons. The molecule has 0 radical (unpaired) electrons. The van der Waals surface area contributed by atoms with E-state index in [-0.39, 0.29) is 5.91 Å². The van der Waals surface area contributed by atoms with Gasteiger partial charge in [-0.1, -0.05) is 0 Å². The molecule has 2 heterocycles. The Labute approximate surface area is 114 Å². The number of nitrogens with two attached hydrogens (primary N) is 1. The smallest absolute Gasteiger partial charge is 0.261 e. The van der Waals surface area contributed by atoms with Crippen molar-refractivity contribution in [2.24, 2.45) is 5.84 Å². The molecule has 0 bridgehead atoms. The fraction of sp³-hybridized carbons (Fsp3) is 0.250.